The SMILES string of the molecule is CN1[C@@H]2CC[C@H]1C[C@@H](Oc1ccc(-c3n[nH]c4ccc(C(=O)NC(c5ccccc5)C(F)F)cc34)cc1)C2. The Labute approximate surface area is 220 Å². The van der Waals surface area contributed by atoms with E-state index in [1.54, 1.807) is 48.5 Å². The summed E-state index contributed by atoms with van der Waals surface area (Å²) in [6.07, 6.45) is 2.11. The van der Waals surface area contributed by atoms with Crippen molar-refractivity contribution in [2.45, 2.75) is 56.3 Å². The highest BCUT2D eigenvalue weighted by atomic mass is 19.3. The first kappa shape index (κ1) is 24.6. The first-order valence-corrected chi connectivity index (χ1v) is 13.1. The number of ether oxygens (including phenoxy) is 1. The number of H-pyrrole nitrogens is 1. The van der Waals surface area contributed by atoms with E-state index in [-0.39, 0.29) is 6.10 Å². The molecule has 0 aliphatic carbocycles. The number of aromatic amines is 1. The summed E-state index contributed by atoms with van der Waals surface area (Å²) in [7, 11) is 2.22. The zero-order valence-corrected chi connectivity index (χ0v) is 21.1. The largest absolute Gasteiger partial charge is 0.490 e. The summed E-state index contributed by atoms with van der Waals surface area (Å²) in [6, 6.07) is 21.0. The van der Waals surface area contributed by atoms with Crippen LogP contribution in [-0.4, -0.2) is 52.7 Å². The van der Waals surface area contributed by atoms with Crippen molar-refractivity contribution in [3.63, 3.8) is 0 Å². The zero-order chi connectivity index (χ0) is 26.2. The van der Waals surface area contributed by atoms with Crippen LogP contribution in [0.5, 0.6) is 5.75 Å². The second-order valence-corrected chi connectivity index (χ2v) is 10.3. The Balaban J connectivity index is 1.19. The molecule has 3 aromatic carbocycles. The molecule has 2 aliphatic heterocycles. The normalized spacial score (nSPS) is 22.1. The van der Waals surface area contributed by atoms with Crippen LogP contribution in [0, 0.1) is 0 Å². The Morgan fingerprint density at radius 2 is 1.74 bits per heavy atom. The highest BCUT2D eigenvalue weighted by Crippen LogP contribution is 2.36. The standard InChI is InChI=1S/C30H30F2N4O2/c1-36-21-10-11-22(36)17-24(16-21)38-23-12-7-19(8-13-23)27-25-15-20(9-14-26(25)34-35-27)30(37)33-28(29(31)32)18-5-3-2-4-6-18/h2-9,12-15,21-22,24,28-29H,10-11,16-17H2,1H3,(H,33,37)(H,34,35)/t21-,22+,24+,28?. The number of aromatic nitrogens is 2. The third-order valence-corrected chi connectivity index (χ3v) is 8.01. The lowest BCUT2D eigenvalue weighted by molar-refractivity contribution is 0.0662. The van der Waals surface area contributed by atoms with E-state index in [1.807, 2.05) is 24.3 Å². The molecule has 2 aliphatic rings. The fraction of sp³-hybridized carbons (Fsp3) is 0.333. The minimum absolute atomic E-state index is 0.231. The molecule has 0 radical (unpaired) electrons. The predicted molar refractivity (Wildman–Crippen MR) is 142 cm³/mol. The molecular weight excluding hydrogens is 486 g/mol. The zero-order valence-electron chi connectivity index (χ0n) is 21.1. The number of hydrogen-bond donors (Lipinski definition) is 2. The third-order valence-electron chi connectivity index (χ3n) is 8.01. The van der Waals surface area contributed by atoms with Gasteiger partial charge in [0.2, 0.25) is 0 Å². The van der Waals surface area contributed by atoms with Crippen LogP contribution in [0.15, 0.2) is 72.8 Å². The summed E-state index contributed by atoms with van der Waals surface area (Å²) in [5.74, 6) is 0.269. The maximum Gasteiger partial charge on any atom is 0.262 e. The smallest absolute Gasteiger partial charge is 0.262 e. The summed E-state index contributed by atoms with van der Waals surface area (Å²) in [5, 5.41) is 10.7. The van der Waals surface area contributed by atoms with Gasteiger partial charge in [0.25, 0.3) is 12.3 Å². The van der Waals surface area contributed by atoms with Crippen molar-refractivity contribution < 1.29 is 18.3 Å². The topological polar surface area (TPSA) is 70.2 Å². The van der Waals surface area contributed by atoms with Crippen LogP contribution in [0.1, 0.15) is 47.6 Å². The van der Waals surface area contributed by atoms with E-state index in [2.05, 4.69) is 27.5 Å². The molecule has 6 nitrogen and oxygen atoms in total. The van der Waals surface area contributed by atoms with Crippen LogP contribution in [0.4, 0.5) is 8.78 Å². The molecule has 6 rings (SSSR count). The van der Waals surface area contributed by atoms with E-state index >= 15 is 0 Å². The van der Waals surface area contributed by atoms with Crippen LogP contribution < -0.4 is 10.1 Å². The Kier molecular flexibility index (Phi) is 6.57. The lowest BCUT2D eigenvalue weighted by atomic mass is 10.0. The van der Waals surface area contributed by atoms with E-state index < -0.39 is 18.4 Å². The summed E-state index contributed by atoms with van der Waals surface area (Å²) in [6.45, 7) is 0. The molecule has 0 saturated carbocycles. The number of hydrogen-bond acceptors (Lipinski definition) is 4. The molecule has 4 aromatic rings. The molecule has 8 heteroatoms. The Morgan fingerprint density at radius 3 is 2.42 bits per heavy atom. The number of carbonyl (C=O) groups excluding carboxylic acids is 1. The highest BCUT2D eigenvalue weighted by Gasteiger charge is 2.39. The highest BCUT2D eigenvalue weighted by molar-refractivity contribution is 6.01. The van der Waals surface area contributed by atoms with Crippen molar-refractivity contribution in [2.24, 2.45) is 0 Å². The number of fused-ring (bicyclic) bond motifs is 3. The number of amides is 1. The molecule has 3 heterocycles. The van der Waals surface area contributed by atoms with Gasteiger partial charge in [-0.1, -0.05) is 30.3 Å². The van der Waals surface area contributed by atoms with Gasteiger partial charge in [-0.05, 0) is 80.8 Å². The second-order valence-electron chi connectivity index (χ2n) is 10.3. The maximum absolute atomic E-state index is 13.7. The molecule has 2 bridgehead atoms. The number of halogens is 2. The van der Waals surface area contributed by atoms with Gasteiger partial charge in [0, 0.05) is 28.6 Å². The summed E-state index contributed by atoms with van der Waals surface area (Å²) in [5.41, 5.74) is 2.97. The van der Waals surface area contributed by atoms with E-state index in [9.17, 15) is 13.6 Å². The number of piperidine rings is 1. The molecule has 4 atom stereocenters. The van der Waals surface area contributed by atoms with Crippen LogP contribution in [-0.2, 0) is 0 Å². The van der Waals surface area contributed by atoms with Crippen molar-refractivity contribution in [3.05, 3.63) is 83.9 Å². The molecule has 2 N–H and O–H groups in total. The van der Waals surface area contributed by atoms with Crippen molar-refractivity contribution in [3.8, 4) is 17.0 Å². The van der Waals surface area contributed by atoms with Crippen molar-refractivity contribution in [1.82, 2.24) is 20.4 Å². The molecule has 1 amide bonds. The number of nitrogens with one attached hydrogen (secondary N) is 2. The summed E-state index contributed by atoms with van der Waals surface area (Å²) >= 11 is 0. The number of rotatable bonds is 7. The van der Waals surface area contributed by atoms with Gasteiger partial charge in [-0.3, -0.25) is 9.89 Å². The second kappa shape index (κ2) is 10.2. The lowest BCUT2D eigenvalue weighted by Crippen LogP contribution is -2.43. The van der Waals surface area contributed by atoms with E-state index in [1.165, 1.54) is 12.8 Å². The average Bonchev–Trinajstić information content (AvgIpc) is 3.43. The van der Waals surface area contributed by atoms with Gasteiger partial charge in [-0.2, -0.15) is 5.10 Å². The minimum Gasteiger partial charge on any atom is -0.490 e. The lowest BCUT2D eigenvalue weighted by Gasteiger charge is -2.36. The van der Waals surface area contributed by atoms with Crippen LogP contribution in [0.3, 0.4) is 0 Å². The summed E-state index contributed by atoms with van der Waals surface area (Å²) in [4.78, 5) is 15.5. The van der Waals surface area contributed by atoms with Gasteiger partial charge >= 0.3 is 0 Å². The van der Waals surface area contributed by atoms with Crippen LogP contribution in [0.25, 0.3) is 22.2 Å². The fourth-order valence-electron chi connectivity index (χ4n) is 5.89. The first-order valence-electron chi connectivity index (χ1n) is 13.1. The van der Waals surface area contributed by atoms with Gasteiger partial charge in [-0.25, -0.2) is 8.78 Å². The fourth-order valence-corrected chi connectivity index (χ4v) is 5.89. The molecule has 1 unspecified atom stereocenters. The Hall–Kier alpha value is -3.78. The quantitative estimate of drug-likeness (QED) is 0.318. The van der Waals surface area contributed by atoms with Crippen molar-refractivity contribution in [1.29, 1.82) is 0 Å². The number of benzene rings is 3. The molecule has 1 aromatic heterocycles. The van der Waals surface area contributed by atoms with Crippen molar-refractivity contribution >= 4 is 16.8 Å². The van der Waals surface area contributed by atoms with Gasteiger partial charge in [0.05, 0.1) is 11.2 Å². The van der Waals surface area contributed by atoms with Gasteiger partial charge in [-0.15, -0.1) is 0 Å². The molecule has 38 heavy (non-hydrogen) atoms. The van der Waals surface area contributed by atoms with Gasteiger partial charge in [0.15, 0.2) is 0 Å². The van der Waals surface area contributed by atoms with E-state index in [4.69, 9.17) is 4.74 Å². The minimum atomic E-state index is -2.74. The van der Waals surface area contributed by atoms with Gasteiger partial charge < -0.3 is 15.0 Å². The number of alkyl halides is 2. The maximum atomic E-state index is 13.7. The Morgan fingerprint density at radius 1 is 1.03 bits per heavy atom. The number of carbonyl (C=O) groups is 1. The van der Waals surface area contributed by atoms with E-state index in [0.29, 0.717) is 28.9 Å². The molecule has 196 valence electrons. The monoisotopic (exact) mass is 516 g/mol. The van der Waals surface area contributed by atoms with Crippen molar-refractivity contribution in [2.75, 3.05) is 7.05 Å². The molecule has 0 spiro atoms. The van der Waals surface area contributed by atoms with Gasteiger partial charge in [0.1, 0.15) is 17.9 Å². The average molecular weight is 517 g/mol. The number of nitrogens with zero attached hydrogens (tertiary/aromatic N) is 2. The third kappa shape index (κ3) is 4.76. The molecule has 2 fully saturated rings. The Bertz CT molecular complexity index is 1410. The predicted octanol–water partition coefficient (Wildman–Crippen LogP) is 5.97. The van der Waals surface area contributed by atoms with Crippen LogP contribution in [0.2, 0.25) is 0 Å². The van der Waals surface area contributed by atoms with E-state index in [0.717, 1.165) is 35.1 Å². The first-order chi connectivity index (χ1) is 18.5. The molecule has 2 saturated heterocycles. The van der Waals surface area contributed by atoms with Crippen LogP contribution >= 0.6 is 0 Å². The molecular formula is C30H30F2N4O2. The summed E-state index contributed by atoms with van der Waals surface area (Å²) < 4.78 is 33.8.